The van der Waals surface area contributed by atoms with E-state index in [0.29, 0.717) is 0 Å². The standard InChI is InChI=1S/C22H18F6O6/c1-32-16-5-4-11(7-17(16)33-2)6-15(20(31)34-3)18(19(29)30)12-8-13(21(23,24)25)10-14(9-12)22(26,27)28/h4-10,18H,1-3H3,(H,29,30)/b15-6-. The van der Waals surface area contributed by atoms with Crippen molar-refractivity contribution in [2.75, 3.05) is 21.3 Å². The van der Waals surface area contributed by atoms with Crippen molar-refractivity contribution in [3.8, 4) is 11.5 Å². The number of carboxylic acid groups (broad SMARTS) is 1. The molecule has 0 bridgehead atoms. The molecule has 2 rings (SSSR count). The molecule has 1 atom stereocenters. The topological polar surface area (TPSA) is 82.1 Å². The number of hydrogen-bond acceptors (Lipinski definition) is 5. The Morgan fingerprint density at radius 1 is 0.853 bits per heavy atom. The van der Waals surface area contributed by atoms with Crippen LogP contribution >= 0.6 is 0 Å². The molecular weight excluding hydrogens is 474 g/mol. The zero-order chi connectivity index (χ0) is 25.8. The third-order valence-corrected chi connectivity index (χ3v) is 4.65. The summed E-state index contributed by atoms with van der Waals surface area (Å²) < 4.78 is 94.4. The van der Waals surface area contributed by atoms with Gasteiger partial charge in [-0.25, -0.2) is 4.79 Å². The number of carbonyl (C=O) groups is 2. The Labute approximate surface area is 189 Å². The van der Waals surface area contributed by atoms with Crippen molar-refractivity contribution in [1.82, 2.24) is 0 Å². The van der Waals surface area contributed by atoms with Gasteiger partial charge in [0.25, 0.3) is 0 Å². The fraction of sp³-hybridized carbons (Fsp3) is 0.273. The first-order valence-electron chi connectivity index (χ1n) is 9.27. The molecule has 1 N–H and O–H groups in total. The lowest BCUT2D eigenvalue weighted by atomic mass is 9.87. The smallest absolute Gasteiger partial charge is 0.416 e. The quantitative estimate of drug-likeness (QED) is 0.327. The van der Waals surface area contributed by atoms with Crippen LogP contribution in [-0.4, -0.2) is 38.4 Å². The molecule has 0 heterocycles. The first-order valence-corrected chi connectivity index (χ1v) is 9.27. The second-order valence-electron chi connectivity index (χ2n) is 6.82. The van der Waals surface area contributed by atoms with Crippen molar-refractivity contribution in [3.63, 3.8) is 0 Å². The van der Waals surface area contributed by atoms with Gasteiger partial charge in [0.05, 0.1) is 38.0 Å². The van der Waals surface area contributed by atoms with E-state index in [4.69, 9.17) is 9.47 Å². The van der Waals surface area contributed by atoms with E-state index >= 15 is 0 Å². The second kappa shape index (κ2) is 10.1. The Bertz CT molecular complexity index is 1070. The van der Waals surface area contributed by atoms with Crippen LogP contribution in [0.5, 0.6) is 11.5 Å². The fourth-order valence-electron chi connectivity index (χ4n) is 3.10. The van der Waals surface area contributed by atoms with Crippen LogP contribution in [0.4, 0.5) is 26.3 Å². The lowest BCUT2D eigenvalue weighted by Crippen LogP contribution is -2.22. The summed E-state index contributed by atoms with van der Waals surface area (Å²) in [5, 5.41) is 9.73. The molecule has 0 aliphatic rings. The van der Waals surface area contributed by atoms with Gasteiger partial charge in [-0.05, 0) is 47.5 Å². The molecule has 6 nitrogen and oxygen atoms in total. The maximum Gasteiger partial charge on any atom is 0.416 e. The van der Waals surface area contributed by atoms with Gasteiger partial charge in [-0.2, -0.15) is 26.3 Å². The molecule has 34 heavy (non-hydrogen) atoms. The Kier molecular flexibility index (Phi) is 7.86. The Morgan fingerprint density at radius 3 is 1.79 bits per heavy atom. The molecule has 0 radical (unpaired) electrons. The fourth-order valence-corrected chi connectivity index (χ4v) is 3.10. The highest BCUT2D eigenvalue weighted by Gasteiger charge is 2.39. The van der Waals surface area contributed by atoms with E-state index in [0.717, 1.165) is 13.2 Å². The summed E-state index contributed by atoms with van der Waals surface area (Å²) >= 11 is 0. The van der Waals surface area contributed by atoms with Crippen molar-refractivity contribution < 1.29 is 55.2 Å². The molecule has 2 aromatic rings. The number of halogens is 6. The van der Waals surface area contributed by atoms with E-state index in [1.807, 2.05) is 0 Å². The minimum absolute atomic E-state index is 0.141. The van der Waals surface area contributed by atoms with Gasteiger partial charge in [-0.3, -0.25) is 4.79 Å². The summed E-state index contributed by atoms with van der Waals surface area (Å²) in [6.07, 6.45) is -9.45. The maximum atomic E-state index is 13.3. The average molecular weight is 492 g/mol. The first kappa shape index (κ1) is 26.6. The van der Waals surface area contributed by atoms with Gasteiger partial charge in [0.15, 0.2) is 11.5 Å². The lowest BCUT2D eigenvalue weighted by Gasteiger charge is -2.20. The van der Waals surface area contributed by atoms with Crippen molar-refractivity contribution in [3.05, 3.63) is 64.2 Å². The van der Waals surface area contributed by atoms with Gasteiger partial charge in [0.1, 0.15) is 5.92 Å². The number of hydrogen-bond donors (Lipinski definition) is 1. The van der Waals surface area contributed by atoms with E-state index in [2.05, 4.69) is 4.74 Å². The molecule has 0 aliphatic heterocycles. The molecule has 0 saturated carbocycles. The molecule has 0 aliphatic carbocycles. The Balaban J connectivity index is 2.80. The zero-order valence-electron chi connectivity index (χ0n) is 17.9. The van der Waals surface area contributed by atoms with Crippen LogP contribution in [0, 0.1) is 0 Å². The summed E-state index contributed by atoms with van der Waals surface area (Å²) in [6.45, 7) is 0. The van der Waals surface area contributed by atoms with Crippen LogP contribution in [0.25, 0.3) is 6.08 Å². The number of carbonyl (C=O) groups excluding carboxylic acids is 1. The van der Waals surface area contributed by atoms with Crippen LogP contribution in [-0.2, 0) is 26.7 Å². The van der Waals surface area contributed by atoms with Gasteiger partial charge in [-0.1, -0.05) is 6.07 Å². The van der Waals surface area contributed by atoms with E-state index in [1.54, 1.807) is 0 Å². The van der Waals surface area contributed by atoms with Crippen LogP contribution in [0.2, 0.25) is 0 Å². The summed E-state index contributed by atoms with van der Waals surface area (Å²) in [5.74, 6) is -4.91. The van der Waals surface area contributed by atoms with E-state index < -0.39 is 52.5 Å². The maximum absolute atomic E-state index is 13.3. The van der Waals surface area contributed by atoms with Gasteiger partial charge >= 0.3 is 24.3 Å². The monoisotopic (exact) mass is 492 g/mol. The third-order valence-electron chi connectivity index (χ3n) is 4.65. The number of methoxy groups -OCH3 is 3. The Hall–Kier alpha value is -3.70. The molecule has 0 saturated heterocycles. The molecule has 12 heteroatoms. The minimum Gasteiger partial charge on any atom is -0.493 e. The third kappa shape index (κ3) is 6.00. The number of alkyl halides is 6. The van der Waals surface area contributed by atoms with Crippen LogP contribution in [0.15, 0.2) is 42.0 Å². The minimum atomic E-state index is -5.21. The van der Waals surface area contributed by atoms with Gasteiger partial charge < -0.3 is 19.3 Å². The molecule has 1 unspecified atom stereocenters. The predicted octanol–water partition coefficient (Wildman–Crippen LogP) is 5.17. The molecule has 2 aromatic carbocycles. The number of rotatable bonds is 7. The van der Waals surface area contributed by atoms with Crippen molar-refractivity contribution >= 4 is 18.0 Å². The molecule has 0 amide bonds. The average Bonchev–Trinajstić information content (AvgIpc) is 2.76. The summed E-state index contributed by atoms with van der Waals surface area (Å²) in [5.41, 5.74) is -4.92. The van der Waals surface area contributed by atoms with Crippen molar-refractivity contribution in [2.24, 2.45) is 0 Å². The zero-order valence-corrected chi connectivity index (χ0v) is 17.9. The highest BCUT2D eigenvalue weighted by molar-refractivity contribution is 6.02. The van der Waals surface area contributed by atoms with Crippen LogP contribution in [0.1, 0.15) is 28.2 Å². The molecule has 0 aromatic heterocycles. The number of aliphatic carboxylic acids is 1. The molecule has 184 valence electrons. The van der Waals surface area contributed by atoms with Crippen molar-refractivity contribution in [1.29, 1.82) is 0 Å². The molecule has 0 spiro atoms. The van der Waals surface area contributed by atoms with E-state index in [1.165, 1.54) is 32.4 Å². The predicted molar refractivity (Wildman–Crippen MR) is 106 cm³/mol. The van der Waals surface area contributed by atoms with Crippen LogP contribution < -0.4 is 9.47 Å². The number of esters is 1. The Morgan fingerprint density at radius 2 is 1.38 bits per heavy atom. The highest BCUT2D eigenvalue weighted by Crippen LogP contribution is 2.40. The number of benzene rings is 2. The summed E-state index contributed by atoms with van der Waals surface area (Å²) in [4.78, 5) is 24.5. The molecule has 0 fully saturated rings. The normalized spacial score (nSPS) is 13.3. The second-order valence-corrected chi connectivity index (χ2v) is 6.82. The highest BCUT2D eigenvalue weighted by atomic mass is 19.4. The SMILES string of the molecule is COC(=O)/C(=C\c1ccc(OC)c(OC)c1)C(C(=O)O)c1cc(C(F)(F)F)cc(C(F)(F)F)c1. The van der Waals surface area contributed by atoms with E-state index in [-0.39, 0.29) is 35.3 Å². The van der Waals surface area contributed by atoms with Crippen LogP contribution in [0.3, 0.4) is 0 Å². The van der Waals surface area contributed by atoms with Crippen molar-refractivity contribution in [2.45, 2.75) is 18.3 Å². The van der Waals surface area contributed by atoms with Gasteiger partial charge in [-0.15, -0.1) is 0 Å². The summed E-state index contributed by atoms with van der Waals surface area (Å²) in [6, 6.07) is 4.46. The van der Waals surface area contributed by atoms with Gasteiger partial charge in [0, 0.05) is 0 Å². The summed E-state index contributed by atoms with van der Waals surface area (Å²) in [7, 11) is 3.53. The number of carboxylic acids is 1. The first-order chi connectivity index (χ1) is 15.7. The van der Waals surface area contributed by atoms with E-state index in [9.17, 15) is 41.0 Å². The lowest BCUT2D eigenvalue weighted by molar-refractivity contribution is -0.144. The largest absolute Gasteiger partial charge is 0.493 e. The molecular formula is C22H18F6O6. The number of ether oxygens (including phenoxy) is 3. The van der Waals surface area contributed by atoms with Gasteiger partial charge in [0.2, 0.25) is 0 Å².